The fourth-order valence-electron chi connectivity index (χ4n) is 10.1. The van der Waals surface area contributed by atoms with Crippen molar-refractivity contribution in [2.75, 3.05) is 4.90 Å². The van der Waals surface area contributed by atoms with Gasteiger partial charge in [0.15, 0.2) is 0 Å². The number of nitrogens with zero attached hydrogens (tertiary/aromatic N) is 1. The van der Waals surface area contributed by atoms with Crippen LogP contribution >= 0.6 is 0 Å². The lowest BCUT2D eigenvalue weighted by molar-refractivity contribution is 0.660. The topological polar surface area (TPSA) is 3.24 Å². The average Bonchev–Trinajstić information content (AvgIpc) is 3.65. The van der Waals surface area contributed by atoms with E-state index in [0.717, 1.165) is 29.1 Å². The summed E-state index contributed by atoms with van der Waals surface area (Å²) in [7, 11) is 0. The van der Waals surface area contributed by atoms with Gasteiger partial charge in [0.05, 0.1) is 11.1 Å². The van der Waals surface area contributed by atoms with E-state index in [1.54, 1.807) is 0 Å². The summed E-state index contributed by atoms with van der Waals surface area (Å²) in [5, 5.41) is 0. The lowest BCUT2D eigenvalue weighted by Gasteiger charge is -2.33. The minimum absolute atomic E-state index is 0.131. The third-order valence-corrected chi connectivity index (χ3v) is 12.5. The quantitative estimate of drug-likeness (QED) is 0.156. The van der Waals surface area contributed by atoms with Crippen molar-refractivity contribution >= 4 is 28.2 Å². The SMILES string of the molecule is C=C/C=C\C(=C/C)c1ccccc1N(c1ccc2c(c1)C(C)(C)c1ccccc1-2)c1ccc2c(c1)C1(C3=CCC=CC=C32)c2ccccc2-c2ccccc21. The van der Waals surface area contributed by atoms with Crippen molar-refractivity contribution in [1.29, 1.82) is 0 Å². The molecule has 4 aliphatic carbocycles. The summed E-state index contributed by atoms with van der Waals surface area (Å²) in [6, 6.07) is 50.3. The summed E-state index contributed by atoms with van der Waals surface area (Å²) in [5.74, 6) is 0. The van der Waals surface area contributed by atoms with Crippen LogP contribution in [-0.2, 0) is 10.8 Å². The number of allylic oxidation sites excluding steroid dienone is 11. The van der Waals surface area contributed by atoms with Gasteiger partial charge in [-0.1, -0.05) is 172 Å². The number of rotatable bonds is 6. The molecule has 0 radical (unpaired) electrons. The third kappa shape index (κ3) is 4.66. The first-order chi connectivity index (χ1) is 27.0. The molecule has 0 saturated heterocycles. The van der Waals surface area contributed by atoms with E-state index >= 15 is 0 Å². The van der Waals surface area contributed by atoms with E-state index in [9.17, 15) is 0 Å². The van der Waals surface area contributed by atoms with Crippen molar-refractivity contribution in [2.24, 2.45) is 0 Å². The van der Waals surface area contributed by atoms with Crippen LogP contribution in [0.1, 0.15) is 66.1 Å². The van der Waals surface area contributed by atoms with Gasteiger partial charge in [0.1, 0.15) is 0 Å². The summed E-state index contributed by atoms with van der Waals surface area (Å²) in [6.45, 7) is 10.8. The molecule has 0 fully saturated rings. The van der Waals surface area contributed by atoms with E-state index in [4.69, 9.17) is 0 Å². The first kappa shape index (κ1) is 33.2. The molecule has 10 rings (SSSR count). The standard InChI is InChI=1S/C54H43N/c1-5-7-19-36(6-2)39-20-14-18-29-52(39)55(37-30-32-44-40-22-11-15-25-46(40)53(3,4)50(44)34-37)38-31-33-45-43-21-9-8-10-26-47(43)54(51(45)35-38)48-27-16-12-23-41(48)42-24-13-17-28-49(42)54/h5-9,11-35H,1,10H2,2-4H3/b19-7-,36-6+. The van der Waals surface area contributed by atoms with Gasteiger partial charge in [-0.25, -0.2) is 0 Å². The molecule has 4 aliphatic rings. The fraction of sp³-hybridized carbons (Fsp3) is 0.111. The maximum atomic E-state index is 3.98. The second-order valence-electron chi connectivity index (χ2n) is 15.5. The maximum Gasteiger partial charge on any atom is 0.0723 e. The van der Waals surface area contributed by atoms with Crippen molar-refractivity contribution in [1.82, 2.24) is 0 Å². The zero-order valence-corrected chi connectivity index (χ0v) is 31.7. The maximum absolute atomic E-state index is 3.98. The molecular weight excluding hydrogens is 663 g/mol. The van der Waals surface area contributed by atoms with Gasteiger partial charge in [0, 0.05) is 22.4 Å². The Morgan fingerprint density at radius 2 is 1.22 bits per heavy atom. The Balaban J connectivity index is 1.26. The predicted octanol–water partition coefficient (Wildman–Crippen LogP) is 14.2. The molecule has 0 aliphatic heterocycles. The van der Waals surface area contributed by atoms with Gasteiger partial charge in [0.2, 0.25) is 0 Å². The molecule has 0 N–H and O–H groups in total. The van der Waals surface area contributed by atoms with E-state index in [-0.39, 0.29) is 5.41 Å². The third-order valence-electron chi connectivity index (χ3n) is 12.5. The molecule has 0 saturated carbocycles. The summed E-state index contributed by atoms with van der Waals surface area (Å²) in [5.41, 5.74) is 21.3. The van der Waals surface area contributed by atoms with Gasteiger partial charge in [-0.05, 0) is 116 Å². The van der Waals surface area contributed by atoms with Gasteiger partial charge >= 0.3 is 0 Å². The highest BCUT2D eigenvalue weighted by Gasteiger charge is 2.53. The Hall–Kier alpha value is -6.44. The zero-order valence-electron chi connectivity index (χ0n) is 31.7. The molecule has 1 spiro atoms. The van der Waals surface area contributed by atoms with Crippen LogP contribution in [0, 0.1) is 0 Å². The van der Waals surface area contributed by atoms with Crippen LogP contribution in [0.2, 0.25) is 0 Å². The first-order valence-corrected chi connectivity index (χ1v) is 19.5. The number of benzene rings is 6. The van der Waals surface area contributed by atoms with Gasteiger partial charge in [-0.15, -0.1) is 0 Å². The molecule has 0 atom stereocenters. The number of hydrogen-bond acceptors (Lipinski definition) is 1. The molecule has 0 heterocycles. The normalized spacial score (nSPS) is 16.4. The van der Waals surface area contributed by atoms with E-state index in [1.165, 1.54) is 72.3 Å². The van der Waals surface area contributed by atoms with Crippen LogP contribution in [0.3, 0.4) is 0 Å². The lowest BCUT2D eigenvalue weighted by atomic mass is 9.70. The second kappa shape index (κ2) is 12.6. The van der Waals surface area contributed by atoms with E-state index in [1.807, 2.05) is 12.2 Å². The van der Waals surface area contributed by atoms with Crippen molar-refractivity contribution in [2.45, 2.75) is 38.0 Å². The van der Waals surface area contributed by atoms with Crippen LogP contribution in [-0.4, -0.2) is 0 Å². The monoisotopic (exact) mass is 705 g/mol. The molecule has 0 bridgehead atoms. The minimum atomic E-state index is -0.426. The van der Waals surface area contributed by atoms with Crippen molar-refractivity contribution < 1.29 is 0 Å². The van der Waals surface area contributed by atoms with Crippen LogP contribution in [0.5, 0.6) is 0 Å². The highest BCUT2D eigenvalue weighted by atomic mass is 15.1. The highest BCUT2D eigenvalue weighted by Crippen LogP contribution is 2.64. The van der Waals surface area contributed by atoms with E-state index in [2.05, 4.69) is 202 Å². The fourth-order valence-corrected chi connectivity index (χ4v) is 10.1. The first-order valence-electron chi connectivity index (χ1n) is 19.5. The Morgan fingerprint density at radius 3 is 1.91 bits per heavy atom. The molecule has 55 heavy (non-hydrogen) atoms. The smallest absolute Gasteiger partial charge is 0.0723 e. The highest BCUT2D eigenvalue weighted by molar-refractivity contribution is 6.02. The average molecular weight is 706 g/mol. The number of fused-ring (bicyclic) bond motifs is 13. The largest absolute Gasteiger partial charge is 0.310 e. The molecule has 264 valence electrons. The Bertz CT molecular complexity index is 2700. The van der Waals surface area contributed by atoms with Crippen LogP contribution in [0.15, 0.2) is 194 Å². The Kier molecular flexibility index (Phi) is 7.58. The van der Waals surface area contributed by atoms with Crippen LogP contribution in [0.25, 0.3) is 33.4 Å². The molecule has 6 aromatic rings. The van der Waals surface area contributed by atoms with Gasteiger partial charge in [-0.3, -0.25) is 0 Å². The van der Waals surface area contributed by atoms with Gasteiger partial charge < -0.3 is 4.90 Å². The molecule has 6 aromatic carbocycles. The minimum Gasteiger partial charge on any atom is -0.310 e. The van der Waals surface area contributed by atoms with Gasteiger partial charge in [0.25, 0.3) is 0 Å². The second-order valence-corrected chi connectivity index (χ2v) is 15.5. The molecule has 0 unspecified atom stereocenters. The Labute approximate surface area is 325 Å². The molecule has 0 amide bonds. The van der Waals surface area contributed by atoms with Crippen molar-refractivity contribution in [3.05, 3.63) is 233 Å². The summed E-state index contributed by atoms with van der Waals surface area (Å²) in [4.78, 5) is 2.50. The molecular formula is C54H43N. The van der Waals surface area contributed by atoms with Crippen molar-refractivity contribution in [3.63, 3.8) is 0 Å². The number of anilines is 3. The van der Waals surface area contributed by atoms with Crippen molar-refractivity contribution in [3.8, 4) is 22.3 Å². The lowest BCUT2D eigenvalue weighted by Crippen LogP contribution is -2.26. The van der Waals surface area contributed by atoms with Crippen LogP contribution in [0.4, 0.5) is 17.1 Å². The Morgan fingerprint density at radius 1 is 0.636 bits per heavy atom. The molecule has 1 heteroatoms. The number of hydrogen-bond donors (Lipinski definition) is 0. The van der Waals surface area contributed by atoms with E-state index < -0.39 is 5.41 Å². The van der Waals surface area contributed by atoms with E-state index in [0.29, 0.717) is 0 Å². The predicted molar refractivity (Wildman–Crippen MR) is 233 cm³/mol. The van der Waals surface area contributed by atoms with Gasteiger partial charge in [-0.2, -0.15) is 0 Å². The van der Waals surface area contributed by atoms with Crippen LogP contribution < -0.4 is 4.90 Å². The summed E-state index contributed by atoms with van der Waals surface area (Å²) in [6.07, 6.45) is 18.5. The number of para-hydroxylation sites is 1. The molecule has 0 aromatic heterocycles. The zero-order chi connectivity index (χ0) is 37.3. The summed E-state index contributed by atoms with van der Waals surface area (Å²) >= 11 is 0. The molecule has 1 nitrogen and oxygen atoms in total. The summed E-state index contributed by atoms with van der Waals surface area (Å²) < 4.78 is 0.